The molecule has 4 rings (SSSR count). The highest BCUT2D eigenvalue weighted by Gasteiger charge is 2.28. The monoisotopic (exact) mass is 510 g/mol. The van der Waals surface area contributed by atoms with Crippen molar-refractivity contribution in [3.05, 3.63) is 88.4 Å². The molecule has 0 aromatic heterocycles. The summed E-state index contributed by atoms with van der Waals surface area (Å²) in [6.45, 7) is 0.586. The van der Waals surface area contributed by atoms with Crippen LogP contribution in [0.4, 0.5) is 10.5 Å². The van der Waals surface area contributed by atoms with Gasteiger partial charge in [-0.1, -0.05) is 60.1 Å². The largest absolute Gasteiger partial charge is 0.478 e. The fourth-order valence-corrected chi connectivity index (χ4v) is 4.91. The second kappa shape index (κ2) is 11.3. The fraction of sp³-hybridized carbons (Fsp3) is 0.192. The van der Waals surface area contributed by atoms with Crippen LogP contribution >= 0.6 is 23.4 Å². The van der Waals surface area contributed by atoms with Crippen LogP contribution in [0.25, 0.3) is 11.1 Å². The smallest absolute Gasteiger partial charge is 0.407 e. The minimum absolute atomic E-state index is 0.000598. The zero-order valence-corrected chi connectivity index (χ0v) is 20.2. The molecule has 0 unspecified atom stereocenters. The van der Waals surface area contributed by atoms with Crippen LogP contribution in [0.15, 0.2) is 66.7 Å². The van der Waals surface area contributed by atoms with Gasteiger partial charge in [0.15, 0.2) is 0 Å². The Balaban J connectivity index is 1.18. The predicted molar refractivity (Wildman–Crippen MR) is 137 cm³/mol. The van der Waals surface area contributed by atoms with Gasteiger partial charge in [0.05, 0.1) is 11.3 Å². The number of nitrogens with one attached hydrogen (secondary N) is 2. The van der Waals surface area contributed by atoms with E-state index in [2.05, 4.69) is 34.9 Å². The summed E-state index contributed by atoms with van der Waals surface area (Å²) in [5.74, 6) is -0.778. The molecular weight excluding hydrogens is 488 g/mol. The van der Waals surface area contributed by atoms with Crippen LogP contribution in [0.5, 0.6) is 0 Å². The van der Waals surface area contributed by atoms with Gasteiger partial charge in [0.1, 0.15) is 6.61 Å². The maximum absolute atomic E-state index is 12.2. The second-order valence-corrected chi connectivity index (χ2v) is 9.43. The van der Waals surface area contributed by atoms with Crippen LogP contribution in [-0.2, 0) is 9.53 Å². The number of carbonyl (C=O) groups is 3. The minimum atomic E-state index is -1.13. The minimum Gasteiger partial charge on any atom is -0.478 e. The number of carboxylic acids is 1. The van der Waals surface area contributed by atoms with Gasteiger partial charge in [-0.3, -0.25) is 4.79 Å². The zero-order valence-electron chi connectivity index (χ0n) is 18.6. The van der Waals surface area contributed by atoms with Gasteiger partial charge in [-0.05, 0) is 40.5 Å². The summed E-state index contributed by atoms with van der Waals surface area (Å²) < 4.78 is 5.49. The lowest BCUT2D eigenvalue weighted by atomic mass is 9.98. The molecule has 3 N–H and O–H groups in total. The molecule has 0 saturated carbocycles. The number of fused-ring (bicyclic) bond motifs is 3. The van der Waals surface area contributed by atoms with Crippen LogP contribution in [0, 0.1) is 0 Å². The number of hydrogen-bond acceptors (Lipinski definition) is 5. The van der Waals surface area contributed by atoms with Gasteiger partial charge in [0, 0.05) is 28.9 Å². The fourth-order valence-electron chi connectivity index (χ4n) is 4.02. The quantitative estimate of drug-likeness (QED) is 0.340. The Hall–Kier alpha value is -3.49. The molecule has 9 heteroatoms. The van der Waals surface area contributed by atoms with E-state index in [1.165, 1.54) is 41.1 Å². The number of aromatic carboxylic acids is 1. The number of carboxylic acid groups (broad SMARTS) is 1. The highest BCUT2D eigenvalue weighted by Crippen LogP contribution is 2.44. The molecule has 180 valence electrons. The van der Waals surface area contributed by atoms with E-state index in [0.717, 1.165) is 11.1 Å². The van der Waals surface area contributed by atoms with E-state index in [0.29, 0.717) is 18.0 Å². The molecule has 0 bridgehead atoms. The number of benzene rings is 3. The summed E-state index contributed by atoms with van der Waals surface area (Å²) in [4.78, 5) is 35.4. The third-order valence-corrected chi connectivity index (χ3v) is 6.70. The van der Waals surface area contributed by atoms with Crippen molar-refractivity contribution in [1.82, 2.24) is 5.32 Å². The molecule has 35 heavy (non-hydrogen) atoms. The van der Waals surface area contributed by atoms with Crippen molar-refractivity contribution in [2.75, 3.05) is 30.0 Å². The molecule has 3 aromatic rings. The summed E-state index contributed by atoms with van der Waals surface area (Å²) in [5, 5.41) is 14.6. The van der Waals surface area contributed by atoms with Crippen LogP contribution in [-0.4, -0.2) is 47.7 Å². The molecule has 0 radical (unpaired) electrons. The maximum Gasteiger partial charge on any atom is 0.407 e. The van der Waals surface area contributed by atoms with Crippen molar-refractivity contribution in [1.29, 1.82) is 0 Å². The molecule has 3 aromatic carbocycles. The number of hydrogen-bond donors (Lipinski definition) is 3. The van der Waals surface area contributed by atoms with E-state index in [4.69, 9.17) is 21.4 Å². The molecule has 0 aliphatic heterocycles. The van der Waals surface area contributed by atoms with Gasteiger partial charge in [-0.15, -0.1) is 0 Å². The van der Waals surface area contributed by atoms with Gasteiger partial charge in [0.25, 0.3) is 0 Å². The molecule has 0 heterocycles. The van der Waals surface area contributed by atoms with E-state index in [9.17, 15) is 14.4 Å². The first kappa shape index (κ1) is 24.6. The van der Waals surface area contributed by atoms with Crippen molar-refractivity contribution in [3.8, 4) is 11.1 Å². The van der Waals surface area contributed by atoms with Crippen LogP contribution in [0.2, 0.25) is 5.02 Å². The van der Waals surface area contributed by atoms with E-state index in [1.807, 2.05) is 24.3 Å². The molecular formula is C26H23ClN2O5S. The number of rotatable bonds is 9. The van der Waals surface area contributed by atoms with Gasteiger partial charge >= 0.3 is 12.1 Å². The van der Waals surface area contributed by atoms with Crippen molar-refractivity contribution in [2.24, 2.45) is 0 Å². The second-order valence-electron chi connectivity index (χ2n) is 7.89. The topological polar surface area (TPSA) is 105 Å². The SMILES string of the molecule is O=C(CSCCNC(=O)OCC1c2ccccc2-c2ccccc21)Nc1cc(Cl)cc(C(=O)O)c1. The molecule has 0 fully saturated rings. The molecule has 0 spiro atoms. The van der Waals surface area contributed by atoms with Crippen LogP contribution in [0.1, 0.15) is 27.4 Å². The Bertz CT molecular complexity index is 1220. The summed E-state index contributed by atoms with van der Waals surface area (Å²) in [6, 6.07) is 20.4. The number of amides is 2. The molecule has 2 amide bonds. The number of carbonyl (C=O) groups excluding carboxylic acids is 2. The van der Waals surface area contributed by atoms with Crippen molar-refractivity contribution < 1.29 is 24.2 Å². The number of anilines is 1. The molecule has 1 aliphatic carbocycles. The van der Waals surface area contributed by atoms with Gasteiger partial charge in [-0.2, -0.15) is 11.8 Å². The zero-order chi connectivity index (χ0) is 24.8. The Labute approximate surface area is 211 Å². The standard InChI is InChI=1S/C26H23ClN2O5S/c27-17-11-16(25(31)32)12-18(13-17)29-24(30)15-35-10-9-28-26(33)34-14-23-21-7-3-1-5-19(21)20-6-2-4-8-22(20)23/h1-8,11-13,23H,9-10,14-15H2,(H,28,33)(H,29,30)(H,31,32). The summed E-state index contributed by atoms with van der Waals surface area (Å²) in [6.07, 6.45) is -0.503. The summed E-state index contributed by atoms with van der Waals surface area (Å²) in [5.41, 5.74) is 4.95. The molecule has 0 saturated heterocycles. The normalized spacial score (nSPS) is 11.9. The average Bonchev–Trinajstić information content (AvgIpc) is 3.16. The third kappa shape index (κ3) is 6.15. The van der Waals surface area contributed by atoms with E-state index < -0.39 is 12.1 Å². The average molecular weight is 511 g/mol. The molecule has 0 atom stereocenters. The Morgan fingerprint density at radius 1 is 0.971 bits per heavy atom. The lowest BCUT2D eigenvalue weighted by molar-refractivity contribution is -0.113. The van der Waals surface area contributed by atoms with Crippen molar-refractivity contribution in [2.45, 2.75) is 5.92 Å². The van der Waals surface area contributed by atoms with E-state index in [-0.39, 0.29) is 34.8 Å². The maximum atomic E-state index is 12.2. The highest BCUT2D eigenvalue weighted by molar-refractivity contribution is 7.99. The van der Waals surface area contributed by atoms with Crippen LogP contribution in [0.3, 0.4) is 0 Å². The lowest BCUT2D eigenvalue weighted by Crippen LogP contribution is -2.28. The molecule has 7 nitrogen and oxygen atoms in total. The highest BCUT2D eigenvalue weighted by atomic mass is 35.5. The Morgan fingerprint density at radius 3 is 2.29 bits per heavy atom. The molecule has 1 aliphatic rings. The van der Waals surface area contributed by atoms with Crippen molar-refractivity contribution >= 4 is 47.0 Å². The first-order valence-electron chi connectivity index (χ1n) is 10.9. The first-order chi connectivity index (χ1) is 16.9. The number of ether oxygens (including phenoxy) is 1. The van der Waals surface area contributed by atoms with E-state index in [1.54, 1.807) is 0 Å². The number of alkyl carbamates (subject to hydrolysis) is 1. The first-order valence-corrected chi connectivity index (χ1v) is 12.5. The van der Waals surface area contributed by atoms with Gasteiger partial charge in [0.2, 0.25) is 5.91 Å². The third-order valence-electron chi connectivity index (χ3n) is 5.52. The summed E-state index contributed by atoms with van der Waals surface area (Å²) >= 11 is 7.23. The van der Waals surface area contributed by atoms with Crippen molar-refractivity contribution in [3.63, 3.8) is 0 Å². The predicted octanol–water partition coefficient (Wildman–Crippen LogP) is 5.25. The van der Waals surface area contributed by atoms with E-state index >= 15 is 0 Å². The number of halogens is 1. The van der Waals surface area contributed by atoms with Crippen LogP contribution < -0.4 is 10.6 Å². The lowest BCUT2D eigenvalue weighted by Gasteiger charge is -2.14. The Morgan fingerprint density at radius 2 is 1.63 bits per heavy atom. The van der Waals surface area contributed by atoms with Gasteiger partial charge < -0.3 is 20.5 Å². The van der Waals surface area contributed by atoms with Gasteiger partial charge in [-0.25, -0.2) is 9.59 Å². The Kier molecular flexibility index (Phi) is 7.94. The summed E-state index contributed by atoms with van der Waals surface area (Å²) in [7, 11) is 0. The number of thioether (sulfide) groups is 1.